The van der Waals surface area contributed by atoms with Crippen molar-refractivity contribution < 1.29 is 14.1 Å². The summed E-state index contributed by atoms with van der Waals surface area (Å²) in [7, 11) is 0. The number of nitriles is 1. The van der Waals surface area contributed by atoms with Crippen LogP contribution in [0.1, 0.15) is 42.2 Å². The van der Waals surface area contributed by atoms with Gasteiger partial charge in [0.1, 0.15) is 6.61 Å². The lowest BCUT2D eigenvalue weighted by Crippen LogP contribution is -2.40. The third-order valence-electron chi connectivity index (χ3n) is 6.42. The van der Waals surface area contributed by atoms with E-state index in [1.165, 1.54) is 5.56 Å². The van der Waals surface area contributed by atoms with Crippen molar-refractivity contribution in [3.05, 3.63) is 84.3 Å². The minimum absolute atomic E-state index is 0.0862. The SMILES string of the molecule is C=CCOC(=O)N(CC1(c2nc(-c3ccc(C#N)cc3)no2)CC1)[C@H]1C[C@@H]1c1ccccc1. The van der Waals surface area contributed by atoms with Gasteiger partial charge >= 0.3 is 6.09 Å². The van der Waals surface area contributed by atoms with Crippen molar-refractivity contribution in [2.75, 3.05) is 13.2 Å². The van der Waals surface area contributed by atoms with Gasteiger partial charge in [-0.15, -0.1) is 0 Å². The summed E-state index contributed by atoms with van der Waals surface area (Å²) >= 11 is 0. The van der Waals surface area contributed by atoms with Crippen LogP contribution in [0.2, 0.25) is 0 Å². The molecular weight excluding hydrogens is 416 g/mol. The van der Waals surface area contributed by atoms with E-state index < -0.39 is 0 Å². The molecule has 0 bridgehead atoms. The molecule has 0 unspecified atom stereocenters. The average Bonchev–Trinajstić information content (AvgIpc) is 3.78. The summed E-state index contributed by atoms with van der Waals surface area (Å²) in [6.07, 6.45) is 3.89. The summed E-state index contributed by atoms with van der Waals surface area (Å²) in [6.45, 7) is 4.30. The first-order valence-corrected chi connectivity index (χ1v) is 11.1. The lowest BCUT2D eigenvalue weighted by atomic mass is 10.1. The van der Waals surface area contributed by atoms with Crippen LogP contribution in [0, 0.1) is 11.3 Å². The first kappa shape index (κ1) is 21.0. The smallest absolute Gasteiger partial charge is 0.410 e. The molecule has 1 amide bonds. The van der Waals surface area contributed by atoms with E-state index in [1.807, 2.05) is 23.1 Å². The number of carbonyl (C=O) groups is 1. The molecule has 2 atom stereocenters. The summed E-state index contributed by atoms with van der Waals surface area (Å²) < 4.78 is 11.1. The number of rotatable bonds is 8. The van der Waals surface area contributed by atoms with Crippen molar-refractivity contribution in [1.82, 2.24) is 15.0 Å². The molecule has 3 aromatic rings. The van der Waals surface area contributed by atoms with E-state index in [2.05, 4.69) is 34.9 Å². The lowest BCUT2D eigenvalue weighted by Gasteiger charge is -2.26. The van der Waals surface area contributed by atoms with Gasteiger partial charge < -0.3 is 14.2 Å². The predicted octanol–water partition coefficient (Wildman–Crippen LogP) is 4.82. The second kappa shape index (κ2) is 8.55. The minimum atomic E-state index is -0.352. The van der Waals surface area contributed by atoms with Crippen LogP contribution in [0.25, 0.3) is 11.4 Å². The second-order valence-corrected chi connectivity index (χ2v) is 8.71. The maximum Gasteiger partial charge on any atom is 0.410 e. The van der Waals surface area contributed by atoms with Gasteiger partial charge in [-0.25, -0.2) is 4.79 Å². The van der Waals surface area contributed by atoms with Crippen molar-refractivity contribution in [2.45, 2.75) is 36.6 Å². The van der Waals surface area contributed by atoms with Crippen molar-refractivity contribution in [2.24, 2.45) is 0 Å². The van der Waals surface area contributed by atoms with Gasteiger partial charge in [-0.2, -0.15) is 10.2 Å². The van der Waals surface area contributed by atoms with Crippen LogP contribution in [0.5, 0.6) is 0 Å². The molecule has 0 saturated heterocycles. The first-order chi connectivity index (χ1) is 16.1. The van der Waals surface area contributed by atoms with Crippen molar-refractivity contribution in [3.8, 4) is 17.5 Å². The molecule has 166 valence electrons. The molecule has 7 heteroatoms. The zero-order chi connectivity index (χ0) is 22.8. The van der Waals surface area contributed by atoms with Crippen LogP contribution >= 0.6 is 0 Å². The number of benzene rings is 2. The standard InChI is InChI=1S/C26H24N4O3/c1-2-14-32-25(31)30(22-15-21(22)19-6-4-3-5-7-19)17-26(12-13-26)24-28-23(29-33-24)20-10-8-18(16-27)9-11-20/h2-11,21-22H,1,12-15,17H2/t21-,22+/m1/s1. The van der Waals surface area contributed by atoms with E-state index in [1.54, 1.807) is 30.3 Å². The van der Waals surface area contributed by atoms with Gasteiger partial charge in [0, 0.05) is 24.1 Å². The minimum Gasteiger partial charge on any atom is -0.445 e. The Morgan fingerprint density at radius 2 is 2.00 bits per heavy atom. The Bertz CT molecular complexity index is 1190. The Morgan fingerprint density at radius 1 is 1.24 bits per heavy atom. The molecule has 0 N–H and O–H groups in total. The van der Waals surface area contributed by atoms with Gasteiger partial charge in [0.05, 0.1) is 17.0 Å². The summed E-state index contributed by atoms with van der Waals surface area (Å²) in [4.78, 5) is 19.4. The highest BCUT2D eigenvalue weighted by atomic mass is 16.6. The number of ether oxygens (including phenoxy) is 1. The summed E-state index contributed by atoms with van der Waals surface area (Å²) in [5.41, 5.74) is 2.24. The van der Waals surface area contributed by atoms with Gasteiger partial charge in [-0.05, 0) is 49.1 Å². The van der Waals surface area contributed by atoms with Crippen molar-refractivity contribution in [1.29, 1.82) is 5.26 Å². The highest BCUT2D eigenvalue weighted by molar-refractivity contribution is 5.69. The van der Waals surface area contributed by atoms with Crippen LogP contribution < -0.4 is 0 Å². The number of hydrogen-bond acceptors (Lipinski definition) is 6. The topological polar surface area (TPSA) is 92.2 Å². The van der Waals surface area contributed by atoms with Gasteiger partial charge in [0.2, 0.25) is 11.7 Å². The molecule has 1 aromatic heterocycles. The Morgan fingerprint density at radius 3 is 2.67 bits per heavy atom. The number of nitrogens with zero attached hydrogens (tertiary/aromatic N) is 4. The molecule has 0 spiro atoms. The van der Waals surface area contributed by atoms with E-state index >= 15 is 0 Å². The second-order valence-electron chi connectivity index (χ2n) is 8.71. The molecule has 2 aromatic carbocycles. The summed E-state index contributed by atoms with van der Waals surface area (Å²) in [5.74, 6) is 1.32. The fourth-order valence-electron chi connectivity index (χ4n) is 4.28. The number of aromatic nitrogens is 2. The van der Waals surface area contributed by atoms with E-state index in [0.717, 1.165) is 24.8 Å². The van der Waals surface area contributed by atoms with Gasteiger partial charge in [0.25, 0.3) is 0 Å². The molecule has 2 fully saturated rings. The lowest BCUT2D eigenvalue weighted by molar-refractivity contribution is 0.102. The highest BCUT2D eigenvalue weighted by Gasteiger charge is 2.55. The number of carbonyl (C=O) groups excluding carboxylic acids is 1. The molecule has 0 aliphatic heterocycles. The summed E-state index contributed by atoms with van der Waals surface area (Å²) in [5, 5.41) is 13.2. The first-order valence-electron chi connectivity index (χ1n) is 11.1. The average molecular weight is 441 g/mol. The molecule has 0 radical (unpaired) electrons. The molecule has 5 rings (SSSR count). The van der Waals surface area contributed by atoms with Crippen molar-refractivity contribution >= 4 is 6.09 Å². The molecule has 2 saturated carbocycles. The molecular formula is C26H24N4O3. The number of amides is 1. The van der Waals surface area contributed by atoms with Gasteiger partial charge in [0.15, 0.2) is 0 Å². The fraction of sp³-hybridized carbons (Fsp3) is 0.308. The zero-order valence-corrected chi connectivity index (χ0v) is 18.2. The molecule has 1 heterocycles. The fourth-order valence-corrected chi connectivity index (χ4v) is 4.28. The van der Waals surface area contributed by atoms with Gasteiger partial charge in [-0.3, -0.25) is 0 Å². The largest absolute Gasteiger partial charge is 0.445 e. The third-order valence-corrected chi connectivity index (χ3v) is 6.42. The number of hydrogen-bond donors (Lipinski definition) is 0. The molecule has 33 heavy (non-hydrogen) atoms. The van der Waals surface area contributed by atoms with Crippen LogP contribution in [0.15, 0.2) is 71.8 Å². The van der Waals surface area contributed by atoms with Crippen LogP contribution in [0.4, 0.5) is 4.79 Å². The summed E-state index contributed by atoms with van der Waals surface area (Å²) in [6, 6.07) is 19.5. The maximum absolute atomic E-state index is 12.9. The van der Waals surface area contributed by atoms with E-state index in [4.69, 9.17) is 14.5 Å². The quantitative estimate of drug-likeness (QED) is 0.466. The molecule has 2 aliphatic rings. The van der Waals surface area contributed by atoms with Gasteiger partial charge in [-0.1, -0.05) is 48.1 Å². The Kier molecular flexibility index (Phi) is 5.43. The van der Waals surface area contributed by atoms with Crippen LogP contribution in [-0.2, 0) is 10.2 Å². The molecule has 7 nitrogen and oxygen atoms in total. The van der Waals surface area contributed by atoms with E-state index in [9.17, 15) is 4.79 Å². The molecule has 2 aliphatic carbocycles. The predicted molar refractivity (Wildman–Crippen MR) is 121 cm³/mol. The third kappa shape index (κ3) is 4.24. The zero-order valence-electron chi connectivity index (χ0n) is 18.2. The Hall–Kier alpha value is -3.92. The highest BCUT2D eigenvalue weighted by Crippen LogP contribution is 2.52. The monoisotopic (exact) mass is 440 g/mol. The van der Waals surface area contributed by atoms with Crippen LogP contribution in [0.3, 0.4) is 0 Å². The Labute approximate surface area is 192 Å². The Balaban J connectivity index is 1.35. The van der Waals surface area contributed by atoms with Crippen molar-refractivity contribution in [3.63, 3.8) is 0 Å². The normalized spacial score (nSPS) is 19.8. The maximum atomic E-state index is 12.9. The van der Waals surface area contributed by atoms with E-state index in [-0.39, 0.29) is 24.2 Å². The van der Waals surface area contributed by atoms with E-state index in [0.29, 0.717) is 29.7 Å². The van der Waals surface area contributed by atoms with Crippen LogP contribution in [-0.4, -0.2) is 40.3 Å².